The van der Waals surface area contributed by atoms with E-state index in [0.717, 1.165) is 17.4 Å². The Hall–Kier alpha value is -0.210. The summed E-state index contributed by atoms with van der Waals surface area (Å²) in [4.78, 5) is 4.21. The van der Waals surface area contributed by atoms with Gasteiger partial charge >= 0.3 is 0 Å². The molecule has 0 bridgehead atoms. The molecule has 0 aliphatic heterocycles. The summed E-state index contributed by atoms with van der Waals surface area (Å²) in [5.41, 5.74) is 1.07. The van der Waals surface area contributed by atoms with Crippen molar-refractivity contribution < 1.29 is 0 Å². The smallest absolute Gasteiger partial charge is 0.129 e. The Morgan fingerprint density at radius 3 is 2.85 bits per heavy atom. The Morgan fingerprint density at radius 2 is 2.23 bits per heavy atom. The fourth-order valence-electron chi connectivity index (χ4n) is 0.930. The standard InChI is InChI=1S/C10H14ClNS/c1-8(2)6-13-7-9-4-3-5-10(11)12-9/h3-5,8H,6-7H2,1-2H3. The van der Waals surface area contributed by atoms with Gasteiger partial charge in [0.25, 0.3) is 0 Å². The number of thioether (sulfide) groups is 1. The number of rotatable bonds is 4. The summed E-state index contributed by atoms with van der Waals surface area (Å²) < 4.78 is 0. The van der Waals surface area contributed by atoms with Crippen LogP contribution in [0, 0.1) is 5.92 Å². The minimum atomic E-state index is 0.586. The number of hydrogen-bond acceptors (Lipinski definition) is 2. The molecule has 0 fully saturated rings. The van der Waals surface area contributed by atoms with Gasteiger partial charge in [-0.3, -0.25) is 0 Å². The molecule has 0 atom stereocenters. The highest BCUT2D eigenvalue weighted by Crippen LogP contribution is 2.15. The van der Waals surface area contributed by atoms with E-state index in [2.05, 4.69) is 18.8 Å². The van der Waals surface area contributed by atoms with Crippen LogP contribution in [0.15, 0.2) is 18.2 Å². The van der Waals surface area contributed by atoms with E-state index in [4.69, 9.17) is 11.6 Å². The van der Waals surface area contributed by atoms with Crippen LogP contribution in [-0.2, 0) is 5.75 Å². The van der Waals surface area contributed by atoms with Crippen molar-refractivity contribution in [2.75, 3.05) is 5.75 Å². The van der Waals surface area contributed by atoms with E-state index in [1.165, 1.54) is 5.75 Å². The molecule has 0 saturated carbocycles. The van der Waals surface area contributed by atoms with Crippen LogP contribution < -0.4 is 0 Å². The second kappa shape index (κ2) is 5.51. The highest BCUT2D eigenvalue weighted by molar-refractivity contribution is 7.98. The monoisotopic (exact) mass is 215 g/mol. The van der Waals surface area contributed by atoms with Crippen molar-refractivity contribution in [2.24, 2.45) is 5.92 Å². The van der Waals surface area contributed by atoms with E-state index in [9.17, 15) is 0 Å². The molecular formula is C10H14ClNS. The second-order valence-electron chi connectivity index (χ2n) is 3.36. The molecule has 1 heterocycles. The van der Waals surface area contributed by atoms with E-state index >= 15 is 0 Å². The van der Waals surface area contributed by atoms with Crippen LogP contribution >= 0.6 is 23.4 Å². The highest BCUT2D eigenvalue weighted by Gasteiger charge is 1.98. The highest BCUT2D eigenvalue weighted by atomic mass is 35.5. The van der Waals surface area contributed by atoms with Gasteiger partial charge < -0.3 is 0 Å². The van der Waals surface area contributed by atoms with Gasteiger partial charge in [0.2, 0.25) is 0 Å². The molecule has 0 radical (unpaired) electrons. The van der Waals surface area contributed by atoms with Crippen molar-refractivity contribution in [3.8, 4) is 0 Å². The minimum Gasteiger partial charge on any atom is -0.240 e. The van der Waals surface area contributed by atoms with Gasteiger partial charge in [-0.25, -0.2) is 4.98 Å². The number of pyridine rings is 1. The lowest BCUT2D eigenvalue weighted by molar-refractivity contribution is 0.750. The van der Waals surface area contributed by atoms with E-state index in [-0.39, 0.29) is 0 Å². The summed E-state index contributed by atoms with van der Waals surface area (Å²) in [6, 6.07) is 5.76. The molecule has 0 aromatic carbocycles. The predicted octanol–water partition coefficient (Wildman–Crippen LogP) is 3.62. The summed E-state index contributed by atoms with van der Waals surface area (Å²) in [5.74, 6) is 2.87. The van der Waals surface area contributed by atoms with Gasteiger partial charge in [0.15, 0.2) is 0 Å². The molecular weight excluding hydrogens is 202 g/mol. The third kappa shape index (κ3) is 4.53. The lowest BCUT2D eigenvalue weighted by Gasteiger charge is -2.03. The van der Waals surface area contributed by atoms with Crippen molar-refractivity contribution >= 4 is 23.4 Å². The van der Waals surface area contributed by atoms with E-state index < -0.39 is 0 Å². The van der Waals surface area contributed by atoms with Crippen molar-refractivity contribution in [2.45, 2.75) is 19.6 Å². The average molecular weight is 216 g/mol. The lowest BCUT2D eigenvalue weighted by atomic mass is 10.3. The Morgan fingerprint density at radius 1 is 1.46 bits per heavy atom. The average Bonchev–Trinajstić information content (AvgIpc) is 2.03. The van der Waals surface area contributed by atoms with Gasteiger partial charge in [-0.15, -0.1) is 0 Å². The van der Waals surface area contributed by atoms with Gasteiger partial charge in [-0.2, -0.15) is 11.8 Å². The Labute approximate surface area is 88.9 Å². The van der Waals surface area contributed by atoms with Gasteiger partial charge in [0, 0.05) is 5.75 Å². The summed E-state index contributed by atoms with van der Waals surface area (Å²) in [6.45, 7) is 4.44. The van der Waals surface area contributed by atoms with Crippen LogP contribution in [0.3, 0.4) is 0 Å². The lowest BCUT2D eigenvalue weighted by Crippen LogP contribution is -1.93. The molecule has 72 valence electrons. The molecule has 0 aliphatic carbocycles. The zero-order valence-corrected chi connectivity index (χ0v) is 9.53. The normalized spacial score (nSPS) is 10.8. The molecule has 0 amide bonds. The van der Waals surface area contributed by atoms with E-state index in [1.807, 2.05) is 23.9 Å². The van der Waals surface area contributed by atoms with Crippen LogP contribution in [-0.4, -0.2) is 10.7 Å². The van der Waals surface area contributed by atoms with Gasteiger partial charge in [-0.1, -0.05) is 31.5 Å². The summed E-state index contributed by atoms with van der Waals surface area (Å²) in [5, 5.41) is 0.586. The number of halogens is 1. The molecule has 13 heavy (non-hydrogen) atoms. The summed E-state index contributed by atoms with van der Waals surface area (Å²) >= 11 is 7.67. The Balaban J connectivity index is 2.37. The van der Waals surface area contributed by atoms with Crippen molar-refractivity contribution in [3.63, 3.8) is 0 Å². The molecule has 0 saturated heterocycles. The second-order valence-corrected chi connectivity index (χ2v) is 4.78. The third-order valence-corrected chi connectivity index (χ3v) is 3.09. The van der Waals surface area contributed by atoms with Gasteiger partial charge in [0.05, 0.1) is 5.69 Å². The number of aromatic nitrogens is 1. The zero-order valence-electron chi connectivity index (χ0n) is 7.96. The first-order valence-electron chi connectivity index (χ1n) is 4.37. The summed E-state index contributed by atoms with van der Waals surface area (Å²) in [7, 11) is 0. The van der Waals surface area contributed by atoms with Crippen molar-refractivity contribution in [1.29, 1.82) is 0 Å². The van der Waals surface area contributed by atoms with Crippen LogP contribution in [0.5, 0.6) is 0 Å². The predicted molar refractivity (Wildman–Crippen MR) is 60.2 cm³/mol. The largest absolute Gasteiger partial charge is 0.240 e. The molecule has 1 rings (SSSR count). The van der Waals surface area contributed by atoms with Crippen LogP contribution in [0.2, 0.25) is 5.15 Å². The molecule has 0 aliphatic rings. The minimum absolute atomic E-state index is 0.586. The number of nitrogens with zero attached hydrogens (tertiary/aromatic N) is 1. The summed E-state index contributed by atoms with van der Waals surface area (Å²) in [6.07, 6.45) is 0. The maximum atomic E-state index is 5.77. The first-order valence-corrected chi connectivity index (χ1v) is 5.91. The maximum absolute atomic E-state index is 5.77. The van der Waals surface area contributed by atoms with Crippen LogP contribution in [0.25, 0.3) is 0 Å². The van der Waals surface area contributed by atoms with Crippen LogP contribution in [0.1, 0.15) is 19.5 Å². The SMILES string of the molecule is CC(C)CSCc1cccc(Cl)n1. The van der Waals surface area contributed by atoms with Crippen LogP contribution in [0.4, 0.5) is 0 Å². The topological polar surface area (TPSA) is 12.9 Å². The Kier molecular flexibility index (Phi) is 4.60. The molecule has 1 nitrogen and oxygen atoms in total. The van der Waals surface area contributed by atoms with Crippen molar-refractivity contribution in [1.82, 2.24) is 4.98 Å². The van der Waals surface area contributed by atoms with Crippen molar-refractivity contribution in [3.05, 3.63) is 29.0 Å². The first kappa shape index (κ1) is 10.9. The fraction of sp³-hybridized carbons (Fsp3) is 0.500. The fourth-order valence-corrected chi connectivity index (χ4v) is 2.07. The molecule has 0 spiro atoms. The van der Waals surface area contributed by atoms with Gasteiger partial charge in [-0.05, 0) is 23.8 Å². The molecule has 1 aromatic rings. The quantitative estimate of drug-likeness (QED) is 0.712. The maximum Gasteiger partial charge on any atom is 0.129 e. The van der Waals surface area contributed by atoms with E-state index in [1.54, 1.807) is 6.07 Å². The molecule has 0 unspecified atom stereocenters. The van der Waals surface area contributed by atoms with Gasteiger partial charge in [0.1, 0.15) is 5.15 Å². The first-order chi connectivity index (χ1) is 6.18. The molecule has 0 N–H and O–H groups in total. The molecule has 3 heteroatoms. The number of hydrogen-bond donors (Lipinski definition) is 0. The zero-order chi connectivity index (χ0) is 9.68. The van der Waals surface area contributed by atoms with E-state index in [0.29, 0.717) is 5.15 Å². The third-order valence-electron chi connectivity index (χ3n) is 1.47. The molecule has 1 aromatic heterocycles. The Bertz CT molecular complexity index is 263.